The van der Waals surface area contributed by atoms with Crippen LogP contribution in [-0.4, -0.2) is 14.9 Å². The summed E-state index contributed by atoms with van der Waals surface area (Å²) in [6.45, 7) is 3.25. The highest BCUT2D eigenvalue weighted by Crippen LogP contribution is 2.18. The molecule has 0 radical (unpaired) electrons. The van der Waals surface area contributed by atoms with Gasteiger partial charge in [-0.25, -0.2) is 0 Å². The molecule has 0 aliphatic rings. The summed E-state index contributed by atoms with van der Waals surface area (Å²) in [6.07, 6.45) is 1.10. The molecule has 0 aromatic carbocycles. The van der Waals surface area contributed by atoms with Gasteiger partial charge in [-0.2, -0.15) is 0 Å². The summed E-state index contributed by atoms with van der Waals surface area (Å²) < 4.78 is 0.840. The Hall–Kier alpha value is -1.58. The minimum absolute atomic E-state index is 0.169. The second kappa shape index (κ2) is 2.34. The molecule has 1 aromatic rings. The van der Waals surface area contributed by atoms with E-state index < -0.39 is 0 Å². The van der Waals surface area contributed by atoms with E-state index in [-0.39, 0.29) is 11.8 Å². The van der Waals surface area contributed by atoms with E-state index in [0.29, 0.717) is 0 Å². The van der Waals surface area contributed by atoms with Crippen LogP contribution in [0.3, 0.4) is 0 Å². The van der Waals surface area contributed by atoms with Crippen LogP contribution >= 0.6 is 0 Å². The van der Waals surface area contributed by atoms with Gasteiger partial charge in [0.05, 0.1) is 0 Å². The van der Waals surface area contributed by atoms with Gasteiger partial charge in [-0.15, -0.1) is 4.73 Å². The van der Waals surface area contributed by atoms with E-state index >= 15 is 0 Å². The largest absolute Gasteiger partial charge is 0.492 e. The standard InChI is InChI=1S/C6H7NO3/c1-2-10-7-5(8)3-4-6(7)9/h2-4,8-9H,1H2. The van der Waals surface area contributed by atoms with Gasteiger partial charge < -0.3 is 15.1 Å². The summed E-state index contributed by atoms with van der Waals surface area (Å²) in [5, 5.41) is 17.8. The molecule has 54 valence electrons. The van der Waals surface area contributed by atoms with Crippen LogP contribution in [0.1, 0.15) is 0 Å². The highest BCUT2D eigenvalue weighted by atomic mass is 16.7. The second-order valence-corrected chi connectivity index (χ2v) is 1.62. The van der Waals surface area contributed by atoms with Crippen LogP contribution in [0.15, 0.2) is 25.0 Å². The Balaban J connectivity index is 2.97. The van der Waals surface area contributed by atoms with Crippen LogP contribution in [0.5, 0.6) is 11.8 Å². The third kappa shape index (κ3) is 0.907. The number of nitrogens with zero attached hydrogens (tertiary/aromatic N) is 1. The molecule has 0 bridgehead atoms. The van der Waals surface area contributed by atoms with Crippen LogP contribution in [0, 0.1) is 0 Å². The highest BCUT2D eigenvalue weighted by molar-refractivity contribution is 5.21. The van der Waals surface area contributed by atoms with Gasteiger partial charge in [0.25, 0.3) is 0 Å². The van der Waals surface area contributed by atoms with Gasteiger partial charge in [-0.3, -0.25) is 0 Å². The SMILES string of the molecule is C=COn1c(O)ccc1O. The number of rotatable bonds is 2. The first-order valence-corrected chi connectivity index (χ1v) is 2.63. The molecule has 10 heavy (non-hydrogen) atoms. The van der Waals surface area contributed by atoms with Crippen molar-refractivity contribution in [3.8, 4) is 11.8 Å². The van der Waals surface area contributed by atoms with Gasteiger partial charge in [-0.05, 0) is 0 Å². The molecule has 4 nitrogen and oxygen atoms in total. The molecule has 0 fully saturated rings. The van der Waals surface area contributed by atoms with E-state index in [1.807, 2.05) is 0 Å². The lowest BCUT2D eigenvalue weighted by molar-refractivity contribution is 0.154. The molecule has 0 saturated carbocycles. The van der Waals surface area contributed by atoms with Crippen molar-refractivity contribution in [2.75, 3.05) is 0 Å². The maximum atomic E-state index is 8.89. The average molecular weight is 141 g/mol. The molecule has 1 rings (SSSR count). The Kier molecular flexibility index (Phi) is 1.53. The van der Waals surface area contributed by atoms with Crippen LogP contribution in [0.4, 0.5) is 0 Å². The lowest BCUT2D eigenvalue weighted by Crippen LogP contribution is -2.01. The Morgan fingerprint density at radius 3 is 2.30 bits per heavy atom. The van der Waals surface area contributed by atoms with E-state index in [0.717, 1.165) is 11.0 Å². The first kappa shape index (κ1) is 6.54. The zero-order chi connectivity index (χ0) is 7.56. The Morgan fingerprint density at radius 1 is 1.40 bits per heavy atom. The number of hydrogen-bond acceptors (Lipinski definition) is 3. The molecule has 0 atom stereocenters. The Bertz CT molecular complexity index is 222. The predicted molar refractivity (Wildman–Crippen MR) is 34.5 cm³/mol. The Labute approximate surface area is 57.5 Å². The molecule has 0 aliphatic heterocycles. The molecule has 0 unspecified atom stereocenters. The summed E-state index contributed by atoms with van der Waals surface area (Å²) in [5.74, 6) is -0.338. The quantitative estimate of drug-likeness (QED) is 0.588. The third-order valence-corrected chi connectivity index (χ3v) is 0.978. The molecule has 0 aliphatic carbocycles. The fourth-order valence-electron chi connectivity index (χ4n) is 0.584. The smallest absolute Gasteiger partial charge is 0.229 e. The van der Waals surface area contributed by atoms with Gasteiger partial charge >= 0.3 is 0 Å². The van der Waals surface area contributed by atoms with Gasteiger partial charge in [0.2, 0.25) is 11.8 Å². The van der Waals surface area contributed by atoms with Crippen molar-refractivity contribution < 1.29 is 15.1 Å². The average Bonchev–Trinajstić information content (AvgIpc) is 2.20. The van der Waals surface area contributed by atoms with E-state index in [1.54, 1.807) is 0 Å². The van der Waals surface area contributed by atoms with E-state index in [4.69, 9.17) is 10.2 Å². The molecule has 0 amide bonds. The summed E-state index contributed by atoms with van der Waals surface area (Å²) in [7, 11) is 0. The van der Waals surface area contributed by atoms with Crippen LogP contribution < -0.4 is 4.84 Å². The molecular weight excluding hydrogens is 134 g/mol. The van der Waals surface area contributed by atoms with Gasteiger partial charge in [0.1, 0.15) is 6.26 Å². The van der Waals surface area contributed by atoms with Crippen molar-refractivity contribution in [1.29, 1.82) is 0 Å². The van der Waals surface area contributed by atoms with Crippen LogP contribution in [0.2, 0.25) is 0 Å². The fourth-order valence-corrected chi connectivity index (χ4v) is 0.584. The zero-order valence-corrected chi connectivity index (χ0v) is 5.19. The molecule has 0 saturated heterocycles. The highest BCUT2D eigenvalue weighted by Gasteiger charge is 2.03. The van der Waals surface area contributed by atoms with Gasteiger partial charge in [0, 0.05) is 12.1 Å². The van der Waals surface area contributed by atoms with Gasteiger partial charge in [-0.1, -0.05) is 6.58 Å². The molecule has 1 aromatic heterocycles. The van der Waals surface area contributed by atoms with E-state index in [1.165, 1.54) is 12.1 Å². The fraction of sp³-hybridized carbons (Fsp3) is 0. The lowest BCUT2D eigenvalue weighted by Gasteiger charge is -2.01. The van der Waals surface area contributed by atoms with E-state index in [9.17, 15) is 0 Å². The predicted octanol–water partition coefficient (Wildman–Crippen LogP) is 0.471. The minimum atomic E-state index is -0.169. The van der Waals surface area contributed by atoms with Crippen molar-refractivity contribution in [2.24, 2.45) is 0 Å². The Morgan fingerprint density at radius 2 is 1.90 bits per heavy atom. The summed E-state index contributed by atoms with van der Waals surface area (Å²) in [5.41, 5.74) is 0. The topological polar surface area (TPSA) is 54.6 Å². The summed E-state index contributed by atoms with van der Waals surface area (Å²) in [4.78, 5) is 4.59. The number of aromatic hydroxyl groups is 2. The van der Waals surface area contributed by atoms with Crippen molar-refractivity contribution in [1.82, 2.24) is 4.73 Å². The second-order valence-electron chi connectivity index (χ2n) is 1.62. The molecule has 1 heterocycles. The maximum Gasteiger partial charge on any atom is 0.229 e. The first-order valence-electron chi connectivity index (χ1n) is 2.63. The summed E-state index contributed by atoms with van der Waals surface area (Å²) in [6, 6.07) is 2.61. The molecular formula is C6H7NO3. The zero-order valence-electron chi connectivity index (χ0n) is 5.19. The monoisotopic (exact) mass is 141 g/mol. The van der Waals surface area contributed by atoms with Crippen molar-refractivity contribution >= 4 is 0 Å². The van der Waals surface area contributed by atoms with Crippen molar-refractivity contribution in [2.45, 2.75) is 0 Å². The third-order valence-electron chi connectivity index (χ3n) is 0.978. The normalized spacial score (nSPS) is 9.20. The molecule has 4 heteroatoms. The number of aromatic nitrogens is 1. The number of hydrogen-bond donors (Lipinski definition) is 2. The molecule has 2 N–H and O–H groups in total. The van der Waals surface area contributed by atoms with Crippen LogP contribution in [-0.2, 0) is 0 Å². The summed E-state index contributed by atoms with van der Waals surface area (Å²) >= 11 is 0. The van der Waals surface area contributed by atoms with Crippen LogP contribution in [0.25, 0.3) is 0 Å². The molecule has 0 spiro atoms. The minimum Gasteiger partial charge on any atom is -0.492 e. The van der Waals surface area contributed by atoms with Crippen molar-refractivity contribution in [3.63, 3.8) is 0 Å². The first-order chi connectivity index (χ1) is 4.75. The van der Waals surface area contributed by atoms with E-state index in [2.05, 4.69) is 11.4 Å². The van der Waals surface area contributed by atoms with Gasteiger partial charge in [0.15, 0.2) is 0 Å². The lowest BCUT2D eigenvalue weighted by atomic mass is 10.6. The van der Waals surface area contributed by atoms with Crippen molar-refractivity contribution in [3.05, 3.63) is 25.0 Å². The maximum absolute atomic E-state index is 8.89.